The number of hydrogen-bond acceptors (Lipinski definition) is 5. The van der Waals surface area contributed by atoms with Gasteiger partial charge in [0, 0.05) is 10.6 Å². The van der Waals surface area contributed by atoms with Gasteiger partial charge in [-0.25, -0.2) is 4.79 Å². The SMILES string of the molecule is COC(=O)c1cc(N)cc(Cl)c1SCc1ccco1. The Hall–Kier alpha value is -1.59. The summed E-state index contributed by atoms with van der Waals surface area (Å²) >= 11 is 7.54. The molecule has 1 aromatic carbocycles. The highest BCUT2D eigenvalue weighted by Crippen LogP contribution is 2.35. The Morgan fingerprint density at radius 1 is 1.53 bits per heavy atom. The van der Waals surface area contributed by atoms with Crippen LogP contribution in [0.15, 0.2) is 39.8 Å². The summed E-state index contributed by atoms with van der Waals surface area (Å²) in [6.45, 7) is 0. The highest BCUT2D eigenvalue weighted by Gasteiger charge is 2.17. The zero-order valence-corrected chi connectivity index (χ0v) is 11.8. The van der Waals surface area contributed by atoms with Crippen LogP contribution in [0.25, 0.3) is 0 Å². The molecule has 1 aromatic heterocycles. The number of thioether (sulfide) groups is 1. The van der Waals surface area contributed by atoms with Crippen LogP contribution in [0.2, 0.25) is 5.02 Å². The van der Waals surface area contributed by atoms with Crippen molar-refractivity contribution in [2.45, 2.75) is 10.6 Å². The van der Waals surface area contributed by atoms with E-state index in [0.29, 0.717) is 26.9 Å². The molecule has 0 fully saturated rings. The van der Waals surface area contributed by atoms with Gasteiger partial charge in [0.15, 0.2) is 0 Å². The zero-order chi connectivity index (χ0) is 13.8. The van der Waals surface area contributed by atoms with Gasteiger partial charge in [-0.3, -0.25) is 0 Å². The van der Waals surface area contributed by atoms with Gasteiger partial charge < -0.3 is 14.9 Å². The van der Waals surface area contributed by atoms with Gasteiger partial charge in [-0.05, 0) is 24.3 Å². The summed E-state index contributed by atoms with van der Waals surface area (Å²) < 4.78 is 9.97. The minimum Gasteiger partial charge on any atom is -0.468 e. The van der Waals surface area contributed by atoms with E-state index >= 15 is 0 Å². The van der Waals surface area contributed by atoms with Crippen molar-refractivity contribution in [3.63, 3.8) is 0 Å². The minimum atomic E-state index is -0.462. The average Bonchev–Trinajstić information content (AvgIpc) is 2.89. The highest BCUT2D eigenvalue weighted by atomic mass is 35.5. The summed E-state index contributed by atoms with van der Waals surface area (Å²) in [6.07, 6.45) is 1.60. The number of furan rings is 1. The van der Waals surface area contributed by atoms with Gasteiger partial charge >= 0.3 is 5.97 Å². The van der Waals surface area contributed by atoms with Gasteiger partial charge in [-0.15, -0.1) is 11.8 Å². The Bertz CT molecular complexity index is 584. The quantitative estimate of drug-likeness (QED) is 0.531. The Labute approximate surface area is 119 Å². The second-order valence-electron chi connectivity index (χ2n) is 3.74. The summed E-state index contributed by atoms with van der Waals surface area (Å²) in [4.78, 5) is 12.4. The number of methoxy groups -OCH3 is 1. The maximum atomic E-state index is 11.7. The maximum absolute atomic E-state index is 11.7. The number of ether oxygens (including phenoxy) is 1. The molecule has 0 atom stereocenters. The molecule has 0 radical (unpaired) electrons. The zero-order valence-electron chi connectivity index (χ0n) is 10.2. The van der Waals surface area contributed by atoms with Crippen molar-refractivity contribution >= 4 is 35.0 Å². The fourth-order valence-corrected chi connectivity index (χ4v) is 2.90. The lowest BCUT2D eigenvalue weighted by molar-refractivity contribution is 0.0597. The third-order valence-electron chi connectivity index (χ3n) is 2.41. The summed E-state index contributed by atoms with van der Waals surface area (Å²) in [6, 6.07) is 6.83. The molecule has 2 rings (SSSR count). The number of esters is 1. The van der Waals surface area contributed by atoms with E-state index < -0.39 is 5.97 Å². The molecule has 6 heteroatoms. The summed E-state index contributed by atoms with van der Waals surface area (Å²) in [5, 5.41) is 0.428. The number of carbonyl (C=O) groups is 1. The second kappa shape index (κ2) is 6.04. The Morgan fingerprint density at radius 2 is 2.32 bits per heavy atom. The van der Waals surface area contributed by atoms with Gasteiger partial charge in [0.05, 0.1) is 29.7 Å². The third-order valence-corrected chi connectivity index (χ3v) is 3.98. The van der Waals surface area contributed by atoms with Crippen molar-refractivity contribution in [3.8, 4) is 0 Å². The van der Waals surface area contributed by atoms with Gasteiger partial charge in [-0.1, -0.05) is 11.6 Å². The number of nitrogens with two attached hydrogens (primary N) is 1. The van der Waals surface area contributed by atoms with Crippen LogP contribution in [0.3, 0.4) is 0 Å². The predicted octanol–water partition coefficient (Wildman–Crippen LogP) is 3.59. The summed E-state index contributed by atoms with van der Waals surface area (Å²) in [7, 11) is 1.32. The third kappa shape index (κ3) is 3.24. The molecule has 0 unspecified atom stereocenters. The first kappa shape index (κ1) is 13.8. The monoisotopic (exact) mass is 297 g/mol. The molecule has 0 saturated heterocycles. The molecule has 0 amide bonds. The number of hydrogen-bond donors (Lipinski definition) is 1. The smallest absolute Gasteiger partial charge is 0.339 e. The molecule has 0 aliphatic heterocycles. The van der Waals surface area contributed by atoms with Crippen LogP contribution in [-0.4, -0.2) is 13.1 Å². The van der Waals surface area contributed by atoms with Crippen molar-refractivity contribution < 1.29 is 13.9 Å². The molecule has 2 aromatic rings. The average molecular weight is 298 g/mol. The normalized spacial score (nSPS) is 10.4. The molecular weight excluding hydrogens is 286 g/mol. The van der Waals surface area contributed by atoms with Crippen LogP contribution in [0, 0.1) is 0 Å². The van der Waals surface area contributed by atoms with E-state index in [1.165, 1.54) is 18.9 Å². The van der Waals surface area contributed by atoms with Crippen LogP contribution < -0.4 is 5.73 Å². The molecule has 0 spiro atoms. The van der Waals surface area contributed by atoms with Crippen molar-refractivity contribution in [2.75, 3.05) is 12.8 Å². The molecule has 0 saturated carbocycles. The Balaban J connectivity index is 2.29. The fraction of sp³-hybridized carbons (Fsp3) is 0.154. The number of benzene rings is 1. The highest BCUT2D eigenvalue weighted by molar-refractivity contribution is 7.98. The molecule has 100 valence electrons. The number of rotatable bonds is 4. The number of anilines is 1. The van der Waals surface area contributed by atoms with E-state index in [0.717, 1.165) is 5.76 Å². The largest absolute Gasteiger partial charge is 0.468 e. The van der Waals surface area contributed by atoms with Crippen molar-refractivity contribution in [2.24, 2.45) is 0 Å². The molecule has 4 nitrogen and oxygen atoms in total. The first-order valence-electron chi connectivity index (χ1n) is 5.44. The molecule has 0 aliphatic rings. The number of carbonyl (C=O) groups excluding carboxylic acids is 1. The van der Waals surface area contributed by atoms with E-state index in [1.54, 1.807) is 18.4 Å². The molecule has 2 N–H and O–H groups in total. The fourth-order valence-electron chi connectivity index (χ4n) is 1.56. The van der Waals surface area contributed by atoms with E-state index in [9.17, 15) is 4.79 Å². The number of nitrogen functional groups attached to an aromatic ring is 1. The van der Waals surface area contributed by atoms with Crippen LogP contribution >= 0.6 is 23.4 Å². The van der Waals surface area contributed by atoms with Crippen molar-refractivity contribution in [1.82, 2.24) is 0 Å². The summed E-state index contributed by atoms with van der Waals surface area (Å²) in [5.74, 6) is 0.908. The van der Waals surface area contributed by atoms with E-state index in [4.69, 9.17) is 26.5 Å². The van der Waals surface area contributed by atoms with Crippen LogP contribution in [-0.2, 0) is 10.5 Å². The Kier molecular flexibility index (Phi) is 4.39. The van der Waals surface area contributed by atoms with E-state index in [2.05, 4.69) is 0 Å². The van der Waals surface area contributed by atoms with Gasteiger partial charge in [0.2, 0.25) is 0 Å². The van der Waals surface area contributed by atoms with Gasteiger partial charge in [0.1, 0.15) is 5.76 Å². The Morgan fingerprint density at radius 3 is 2.95 bits per heavy atom. The maximum Gasteiger partial charge on any atom is 0.339 e. The van der Waals surface area contributed by atoms with Gasteiger partial charge in [0.25, 0.3) is 0 Å². The molecule has 0 aliphatic carbocycles. The van der Waals surface area contributed by atoms with Crippen molar-refractivity contribution in [1.29, 1.82) is 0 Å². The van der Waals surface area contributed by atoms with Gasteiger partial charge in [-0.2, -0.15) is 0 Å². The van der Waals surface area contributed by atoms with E-state index in [1.807, 2.05) is 12.1 Å². The topological polar surface area (TPSA) is 65.5 Å². The lowest BCUT2D eigenvalue weighted by atomic mass is 10.2. The second-order valence-corrected chi connectivity index (χ2v) is 5.13. The van der Waals surface area contributed by atoms with Crippen LogP contribution in [0.5, 0.6) is 0 Å². The molecular formula is C13H12ClNO3S. The number of halogens is 1. The van der Waals surface area contributed by atoms with Crippen LogP contribution in [0.4, 0.5) is 5.69 Å². The van der Waals surface area contributed by atoms with Crippen molar-refractivity contribution in [3.05, 3.63) is 46.9 Å². The molecule has 19 heavy (non-hydrogen) atoms. The van der Waals surface area contributed by atoms with E-state index in [-0.39, 0.29) is 0 Å². The minimum absolute atomic E-state index is 0.365. The lowest BCUT2D eigenvalue weighted by Gasteiger charge is -2.10. The summed E-state index contributed by atoms with van der Waals surface area (Å²) in [5.41, 5.74) is 6.48. The predicted molar refractivity (Wildman–Crippen MR) is 75.5 cm³/mol. The first-order valence-corrected chi connectivity index (χ1v) is 6.80. The molecule has 1 heterocycles. The lowest BCUT2D eigenvalue weighted by Crippen LogP contribution is -2.05. The standard InChI is InChI=1S/C13H12ClNO3S/c1-17-13(16)10-5-8(15)6-11(14)12(10)19-7-9-3-2-4-18-9/h2-6H,7,15H2,1H3. The molecule has 0 bridgehead atoms. The van der Waals surface area contributed by atoms with Crippen LogP contribution in [0.1, 0.15) is 16.1 Å². The first-order chi connectivity index (χ1) is 9.11.